The molecular formula is C13H22N4O3. The van der Waals surface area contributed by atoms with Gasteiger partial charge in [-0.15, -0.1) is 0 Å². The predicted molar refractivity (Wildman–Crippen MR) is 76.3 cm³/mol. The number of nitrogen functional groups attached to an aromatic ring is 1. The smallest absolute Gasteiger partial charge is 0.257 e. The van der Waals surface area contributed by atoms with Crippen LogP contribution in [0.1, 0.15) is 16.8 Å². The van der Waals surface area contributed by atoms with Crippen molar-refractivity contribution in [3.63, 3.8) is 0 Å². The topological polar surface area (TPSA) is 89.7 Å². The normalized spacial score (nSPS) is 10.3. The highest BCUT2D eigenvalue weighted by atomic mass is 16.5. The summed E-state index contributed by atoms with van der Waals surface area (Å²) in [6.45, 7) is 2.18. The number of nitrogens with zero attached hydrogens (tertiary/aromatic N) is 2. The lowest BCUT2D eigenvalue weighted by molar-refractivity contribution is 0.0674. The SMILES string of the molecule is COCCCN(CCOC)C(=O)c1cccnc1NN. The van der Waals surface area contributed by atoms with E-state index in [0.717, 1.165) is 6.42 Å². The van der Waals surface area contributed by atoms with Crippen molar-refractivity contribution in [1.82, 2.24) is 9.88 Å². The zero-order valence-corrected chi connectivity index (χ0v) is 12.0. The van der Waals surface area contributed by atoms with Crippen LogP contribution in [0.25, 0.3) is 0 Å². The van der Waals surface area contributed by atoms with Gasteiger partial charge < -0.3 is 19.8 Å². The molecule has 0 saturated carbocycles. The molecule has 1 rings (SSSR count). The molecule has 0 aliphatic carbocycles. The number of pyridine rings is 1. The maximum Gasteiger partial charge on any atom is 0.257 e. The van der Waals surface area contributed by atoms with E-state index in [0.29, 0.717) is 37.7 Å². The molecule has 0 spiro atoms. The van der Waals surface area contributed by atoms with Crippen molar-refractivity contribution in [3.05, 3.63) is 23.9 Å². The van der Waals surface area contributed by atoms with Gasteiger partial charge in [0.1, 0.15) is 0 Å². The molecule has 20 heavy (non-hydrogen) atoms. The van der Waals surface area contributed by atoms with Crippen LogP contribution in [-0.4, -0.2) is 56.3 Å². The van der Waals surface area contributed by atoms with Gasteiger partial charge in [0.2, 0.25) is 0 Å². The number of hydrazine groups is 1. The summed E-state index contributed by atoms with van der Waals surface area (Å²) in [5.41, 5.74) is 2.89. The number of carbonyl (C=O) groups excluding carboxylic acids is 1. The molecule has 1 heterocycles. The van der Waals surface area contributed by atoms with E-state index in [4.69, 9.17) is 15.3 Å². The average Bonchev–Trinajstić information content (AvgIpc) is 2.50. The minimum atomic E-state index is -0.126. The number of aromatic nitrogens is 1. The number of hydrogen-bond acceptors (Lipinski definition) is 6. The van der Waals surface area contributed by atoms with Crippen molar-refractivity contribution in [3.8, 4) is 0 Å². The first-order valence-electron chi connectivity index (χ1n) is 6.43. The molecule has 0 unspecified atom stereocenters. The number of rotatable bonds is 9. The minimum absolute atomic E-state index is 0.126. The molecule has 0 saturated heterocycles. The Morgan fingerprint density at radius 2 is 2.10 bits per heavy atom. The van der Waals surface area contributed by atoms with Crippen LogP contribution in [0.15, 0.2) is 18.3 Å². The van der Waals surface area contributed by atoms with Crippen LogP contribution in [0, 0.1) is 0 Å². The maximum atomic E-state index is 12.5. The lowest BCUT2D eigenvalue weighted by Crippen LogP contribution is -2.36. The third-order valence-corrected chi connectivity index (χ3v) is 2.80. The first-order valence-corrected chi connectivity index (χ1v) is 6.43. The van der Waals surface area contributed by atoms with E-state index in [1.807, 2.05) is 0 Å². The number of hydrogen-bond donors (Lipinski definition) is 2. The number of amides is 1. The summed E-state index contributed by atoms with van der Waals surface area (Å²) in [7, 11) is 3.24. The molecule has 7 heteroatoms. The van der Waals surface area contributed by atoms with Gasteiger partial charge in [0.25, 0.3) is 5.91 Å². The summed E-state index contributed by atoms with van der Waals surface area (Å²) in [5, 5.41) is 0. The van der Waals surface area contributed by atoms with Crippen LogP contribution in [0.5, 0.6) is 0 Å². The molecule has 0 atom stereocenters. The van der Waals surface area contributed by atoms with Crippen LogP contribution < -0.4 is 11.3 Å². The predicted octanol–water partition coefficient (Wildman–Crippen LogP) is 0.492. The molecule has 0 aliphatic heterocycles. The molecule has 7 nitrogen and oxygen atoms in total. The summed E-state index contributed by atoms with van der Waals surface area (Å²) in [6, 6.07) is 3.40. The van der Waals surface area contributed by atoms with Crippen LogP contribution in [0.3, 0.4) is 0 Å². The van der Waals surface area contributed by atoms with E-state index in [1.165, 1.54) is 0 Å². The highest BCUT2D eigenvalue weighted by molar-refractivity contribution is 5.98. The Hall–Kier alpha value is -1.70. The minimum Gasteiger partial charge on any atom is -0.385 e. The van der Waals surface area contributed by atoms with Crippen molar-refractivity contribution in [1.29, 1.82) is 0 Å². The van der Waals surface area contributed by atoms with E-state index < -0.39 is 0 Å². The summed E-state index contributed by atoms with van der Waals surface area (Å²) < 4.78 is 10.1. The molecular weight excluding hydrogens is 260 g/mol. The molecule has 0 aromatic carbocycles. The van der Waals surface area contributed by atoms with Crippen LogP contribution in [-0.2, 0) is 9.47 Å². The van der Waals surface area contributed by atoms with Crippen molar-refractivity contribution in [2.24, 2.45) is 5.84 Å². The van der Waals surface area contributed by atoms with Crippen LogP contribution in [0.2, 0.25) is 0 Å². The van der Waals surface area contributed by atoms with Gasteiger partial charge in [-0.1, -0.05) is 0 Å². The van der Waals surface area contributed by atoms with Crippen molar-refractivity contribution in [2.45, 2.75) is 6.42 Å². The number of anilines is 1. The number of nitrogens with one attached hydrogen (secondary N) is 1. The lowest BCUT2D eigenvalue weighted by atomic mass is 10.2. The fourth-order valence-corrected chi connectivity index (χ4v) is 1.78. The first kappa shape index (κ1) is 16.4. The quantitative estimate of drug-likeness (QED) is 0.389. The Bertz CT molecular complexity index is 414. The summed E-state index contributed by atoms with van der Waals surface area (Å²) >= 11 is 0. The Morgan fingerprint density at radius 1 is 1.35 bits per heavy atom. The van der Waals surface area contributed by atoms with Gasteiger partial charge in [0.15, 0.2) is 5.82 Å². The van der Waals surface area contributed by atoms with E-state index in [2.05, 4.69) is 10.4 Å². The monoisotopic (exact) mass is 282 g/mol. The second kappa shape index (κ2) is 9.24. The highest BCUT2D eigenvalue weighted by Crippen LogP contribution is 2.13. The molecule has 112 valence electrons. The van der Waals surface area contributed by atoms with Crippen molar-refractivity contribution < 1.29 is 14.3 Å². The van der Waals surface area contributed by atoms with E-state index in [9.17, 15) is 4.79 Å². The Morgan fingerprint density at radius 3 is 2.75 bits per heavy atom. The van der Waals surface area contributed by atoms with Crippen LogP contribution >= 0.6 is 0 Å². The zero-order valence-electron chi connectivity index (χ0n) is 12.0. The highest BCUT2D eigenvalue weighted by Gasteiger charge is 2.18. The molecule has 0 fully saturated rings. The second-order valence-electron chi connectivity index (χ2n) is 4.18. The maximum absolute atomic E-state index is 12.5. The Kier molecular flexibility index (Phi) is 7.56. The Labute approximate surface area is 119 Å². The van der Waals surface area contributed by atoms with Gasteiger partial charge in [-0.05, 0) is 18.6 Å². The van der Waals surface area contributed by atoms with Crippen LogP contribution in [0.4, 0.5) is 5.82 Å². The molecule has 1 aromatic heterocycles. The molecule has 0 bridgehead atoms. The number of methoxy groups -OCH3 is 2. The van der Waals surface area contributed by atoms with Gasteiger partial charge >= 0.3 is 0 Å². The average molecular weight is 282 g/mol. The van der Waals surface area contributed by atoms with E-state index in [1.54, 1.807) is 37.4 Å². The summed E-state index contributed by atoms with van der Waals surface area (Å²) in [6.07, 6.45) is 2.34. The number of ether oxygens (including phenoxy) is 2. The summed E-state index contributed by atoms with van der Waals surface area (Å²) in [5.74, 6) is 5.62. The van der Waals surface area contributed by atoms with Crippen molar-refractivity contribution in [2.75, 3.05) is 45.9 Å². The molecule has 1 amide bonds. The van der Waals surface area contributed by atoms with Gasteiger partial charge in [-0.2, -0.15) is 0 Å². The zero-order chi connectivity index (χ0) is 14.8. The largest absolute Gasteiger partial charge is 0.385 e. The third kappa shape index (κ3) is 4.76. The standard InChI is InChI=1S/C13H22N4O3/c1-19-9-4-7-17(8-10-20-2)13(18)11-5-3-6-15-12(11)16-14/h3,5-6H,4,7-10,14H2,1-2H3,(H,15,16). The molecule has 0 aliphatic rings. The molecule has 3 N–H and O–H groups in total. The second-order valence-corrected chi connectivity index (χ2v) is 4.18. The van der Waals surface area contributed by atoms with Gasteiger partial charge in [0, 0.05) is 40.1 Å². The fraction of sp³-hybridized carbons (Fsp3) is 0.538. The van der Waals surface area contributed by atoms with E-state index >= 15 is 0 Å². The lowest BCUT2D eigenvalue weighted by Gasteiger charge is -2.23. The number of carbonyl (C=O) groups is 1. The fourth-order valence-electron chi connectivity index (χ4n) is 1.78. The summed E-state index contributed by atoms with van der Waals surface area (Å²) in [4.78, 5) is 18.3. The molecule has 0 radical (unpaired) electrons. The van der Waals surface area contributed by atoms with Gasteiger partial charge in [-0.3, -0.25) is 4.79 Å². The van der Waals surface area contributed by atoms with Gasteiger partial charge in [-0.25, -0.2) is 10.8 Å². The first-order chi connectivity index (χ1) is 9.74. The third-order valence-electron chi connectivity index (χ3n) is 2.80. The van der Waals surface area contributed by atoms with Gasteiger partial charge in [0.05, 0.1) is 12.2 Å². The number of nitrogens with two attached hydrogens (primary N) is 1. The Balaban J connectivity index is 2.79. The molecule has 1 aromatic rings. The van der Waals surface area contributed by atoms with E-state index in [-0.39, 0.29) is 5.91 Å². The van der Waals surface area contributed by atoms with Crippen molar-refractivity contribution >= 4 is 11.7 Å².